The molecule has 1 aromatic heterocycles. The molecule has 2 aromatic rings. The highest BCUT2D eigenvalue weighted by Gasteiger charge is 2.17. The Morgan fingerprint density at radius 2 is 1.96 bits per heavy atom. The van der Waals surface area contributed by atoms with Gasteiger partial charge >= 0.3 is 0 Å². The molecule has 0 aliphatic heterocycles. The maximum absolute atomic E-state index is 12.3. The second-order valence-corrected chi connectivity index (χ2v) is 5.97. The van der Waals surface area contributed by atoms with Gasteiger partial charge in [-0.15, -0.1) is 0 Å². The molecule has 0 atom stereocenters. The van der Waals surface area contributed by atoms with Crippen LogP contribution in [0.15, 0.2) is 40.3 Å². The topological polar surface area (TPSA) is 124 Å². The third kappa shape index (κ3) is 5.16. The number of aliphatic hydroxyl groups excluding tert-OH is 1. The second-order valence-electron chi connectivity index (χ2n) is 4.89. The van der Waals surface area contributed by atoms with E-state index in [9.17, 15) is 14.4 Å². The molecular weight excluding hydrogens is 344 g/mol. The quantitative estimate of drug-likeness (QED) is 0.437. The van der Waals surface area contributed by atoms with Crippen molar-refractivity contribution < 1.29 is 14.7 Å². The van der Waals surface area contributed by atoms with Crippen molar-refractivity contribution in [1.29, 1.82) is 0 Å². The van der Waals surface area contributed by atoms with Crippen LogP contribution in [0.3, 0.4) is 0 Å². The Morgan fingerprint density at radius 1 is 1.24 bits per heavy atom. The van der Waals surface area contributed by atoms with Crippen LogP contribution in [0.1, 0.15) is 23.7 Å². The summed E-state index contributed by atoms with van der Waals surface area (Å²) in [5.41, 5.74) is -0.358. The van der Waals surface area contributed by atoms with E-state index in [0.29, 0.717) is 11.3 Å². The first-order chi connectivity index (χ1) is 12.0. The van der Waals surface area contributed by atoms with Gasteiger partial charge in [0.15, 0.2) is 16.7 Å². The fourth-order valence-corrected chi connectivity index (χ4v) is 2.47. The van der Waals surface area contributed by atoms with Gasteiger partial charge in [0.05, 0.1) is 6.61 Å². The molecule has 8 nitrogen and oxygen atoms in total. The molecule has 0 bridgehead atoms. The number of amides is 2. The van der Waals surface area contributed by atoms with Crippen molar-refractivity contribution in [1.82, 2.24) is 9.97 Å². The van der Waals surface area contributed by atoms with Gasteiger partial charge in [0.25, 0.3) is 11.5 Å². The Kier molecular flexibility index (Phi) is 6.72. The first-order valence-electron chi connectivity index (χ1n) is 7.59. The number of thioether (sulfide) groups is 1. The zero-order valence-corrected chi connectivity index (χ0v) is 14.4. The highest BCUT2D eigenvalue weighted by atomic mass is 32.2. The molecule has 4 N–H and O–H groups in total. The first kappa shape index (κ1) is 18.7. The van der Waals surface area contributed by atoms with E-state index in [1.165, 1.54) is 0 Å². The van der Waals surface area contributed by atoms with Gasteiger partial charge in [0.1, 0.15) is 0 Å². The average molecular weight is 362 g/mol. The van der Waals surface area contributed by atoms with Gasteiger partial charge in [-0.1, -0.05) is 36.9 Å². The van der Waals surface area contributed by atoms with E-state index in [0.717, 1.165) is 11.8 Å². The molecule has 2 rings (SSSR count). The monoisotopic (exact) mass is 362 g/mol. The molecule has 2 amide bonds. The zero-order chi connectivity index (χ0) is 18.2. The minimum absolute atomic E-state index is 0.0275. The van der Waals surface area contributed by atoms with Crippen molar-refractivity contribution >= 4 is 35.1 Å². The van der Waals surface area contributed by atoms with Gasteiger partial charge in [-0.2, -0.15) is 0 Å². The van der Waals surface area contributed by atoms with Crippen LogP contribution < -0.4 is 16.2 Å². The number of rotatable bonds is 7. The molecule has 0 aliphatic carbocycles. The van der Waals surface area contributed by atoms with Crippen molar-refractivity contribution in [3.63, 3.8) is 0 Å². The lowest BCUT2D eigenvalue weighted by molar-refractivity contribution is -0.115. The summed E-state index contributed by atoms with van der Waals surface area (Å²) in [4.78, 5) is 43.0. The van der Waals surface area contributed by atoms with E-state index in [2.05, 4.69) is 20.6 Å². The van der Waals surface area contributed by atoms with Crippen LogP contribution in [0.2, 0.25) is 0 Å². The number of hydrogen-bond acceptors (Lipinski definition) is 6. The molecule has 25 heavy (non-hydrogen) atoms. The summed E-state index contributed by atoms with van der Waals surface area (Å²) in [6.07, 6.45) is 0.194. The Morgan fingerprint density at radius 3 is 2.60 bits per heavy atom. The summed E-state index contributed by atoms with van der Waals surface area (Å²) >= 11 is 1.13. The highest BCUT2D eigenvalue weighted by Crippen LogP contribution is 2.20. The lowest BCUT2D eigenvalue weighted by Crippen LogP contribution is -2.25. The van der Waals surface area contributed by atoms with Crippen LogP contribution in [-0.2, 0) is 4.79 Å². The minimum atomic E-state index is -0.592. The minimum Gasteiger partial charge on any atom is -0.396 e. The van der Waals surface area contributed by atoms with E-state index in [4.69, 9.17) is 5.11 Å². The van der Waals surface area contributed by atoms with Crippen LogP contribution in [0.5, 0.6) is 0 Å². The van der Waals surface area contributed by atoms with Crippen molar-refractivity contribution in [2.45, 2.75) is 18.5 Å². The maximum atomic E-state index is 12.3. The van der Waals surface area contributed by atoms with E-state index in [-0.39, 0.29) is 35.6 Å². The molecule has 0 radical (unpaired) electrons. The second kappa shape index (κ2) is 9.00. The van der Waals surface area contributed by atoms with Crippen LogP contribution in [0.25, 0.3) is 0 Å². The standard InChI is InChI=1S/C16H18N4O4S/c1-2-11(22)17-13-12(15(24)20-16(19-13)25-9-8-21)18-14(23)10-6-4-3-5-7-10/h3-7,21H,2,8-9H2,1H3,(H,18,23)(H2,17,19,20,22,24). The summed E-state index contributed by atoms with van der Waals surface area (Å²) in [5.74, 6) is -0.526. The Labute approximate surface area is 148 Å². The number of nitrogens with one attached hydrogen (secondary N) is 3. The number of aromatic nitrogens is 2. The fourth-order valence-electron chi connectivity index (χ4n) is 1.87. The number of benzene rings is 1. The third-order valence-electron chi connectivity index (χ3n) is 3.08. The summed E-state index contributed by atoms with van der Waals surface area (Å²) in [6, 6.07) is 8.38. The Hall–Kier alpha value is -2.65. The Balaban J connectivity index is 2.35. The van der Waals surface area contributed by atoms with Crippen molar-refractivity contribution in [3.05, 3.63) is 46.2 Å². The van der Waals surface area contributed by atoms with Crippen LogP contribution in [0, 0.1) is 0 Å². The molecule has 0 aliphatic rings. The van der Waals surface area contributed by atoms with E-state index in [1.54, 1.807) is 37.3 Å². The molecule has 1 heterocycles. The molecule has 0 spiro atoms. The van der Waals surface area contributed by atoms with Gasteiger partial charge in [0, 0.05) is 17.7 Å². The number of aliphatic hydroxyl groups is 1. The zero-order valence-electron chi connectivity index (χ0n) is 13.5. The van der Waals surface area contributed by atoms with E-state index >= 15 is 0 Å². The van der Waals surface area contributed by atoms with Gasteiger partial charge in [0.2, 0.25) is 5.91 Å². The molecule has 132 valence electrons. The highest BCUT2D eigenvalue weighted by molar-refractivity contribution is 7.99. The number of anilines is 2. The van der Waals surface area contributed by atoms with Gasteiger partial charge < -0.3 is 15.7 Å². The van der Waals surface area contributed by atoms with E-state index in [1.807, 2.05) is 0 Å². The van der Waals surface area contributed by atoms with Gasteiger partial charge in [-0.3, -0.25) is 19.4 Å². The number of H-pyrrole nitrogens is 1. The molecular formula is C16H18N4O4S. The fraction of sp³-hybridized carbons (Fsp3) is 0.250. The molecule has 1 aromatic carbocycles. The molecule has 0 saturated heterocycles. The molecule has 9 heteroatoms. The number of carbonyl (C=O) groups is 2. The third-order valence-corrected chi connectivity index (χ3v) is 3.93. The van der Waals surface area contributed by atoms with E-state index < -0.39 is 11.5 Å². The normalized spacial score (nSPS) is 10.3. The van der Waals surface area contributed by atoms with Crippen molar-refractivity contribution in [2.24, 2.45) is 0 Å². The SMILES string of the molecule is CCC(=O)Nc1nc(SCCO)[nH]c(=O)c1NC(=O)c1ccccc1. The lowest BCUT2D eigenvalue weighted by Gasteiger charge is -2.12. The molecule has 0 unspecified atom stereocenters. The van der Waals surface area contributed by atoms with Gasteiger partial charge in [-0.05, 0) is 12.1 Å². The van der Waals surface area contributed by atoms with Crippen LogP contribution in [0.4, 0.5) is 11.5 Å². The molecule has 0 fully saturated rings. The summed E-state index contributed by atoms with van der Waals surface area (Å²) in [6.45, 7) is 1.57. The average Bonchev–Trinajstić information content (AvgIpc) is 2.63. The number of aromatic amines is 1. The number of hydrogen-bond donors (Lipinski definition) is 4. The van der Waals surface area contributed by atoms with Crippen molar-refractivity contribution in [3.8, 4) is 0 Å². The smallest absolute Gasteiger partial charge is 0.277 e. The summed E-state index contributed by atoms with van der Waals surface area (Å²) in [5, 5.41) is 14.1. The first-order valence-corrected chi connectivity index (χ1v) is 8.58. The number of nitrogens with zero attached hydrogens (tertiary/aromatic N) is 1. The van der Waals surface area contributed by atoms with Crippen molar-refractivity contribution in [2.75, 3.05) is 23.0 Å². The summed E-state index contributed by atoms with van der Waals surface area (Å²) < 4.78 is 0. The predicted octanol–water partition coefficient (Wildman–Crippen LogP) is 1.46. The Bertz CT molecular complexity index is 808. The summed E-state index contributed by atoms with van der Waals surface area (Å²) in [7, 11) is 0. The maximum Gasteiger partial charge on any atom is 0.277 e. The molecule has 0 saturated carbocycles. The largest absolute Gasteiger partial charge is 0.396 e. The van der Waals surface area contributed by atoms with Crippen LogP contribution in [-0.4, -0.2) is 39.2 Å². The van der Waals surface area contributed by atoms with Gasteiger partial charge in [-0.25, -0.2) is 4.98 Å². The number of carbonyl (C=O) groups excluding carboxylic acids is 2. The predicted molar refractivity (Wildman–Crippen MR) is 96.0 cm³/mol. The lowest BCUT2D eigenvalue weighted by atomic mass is 10.2. The van der Waals surface area contributed by atoms with Crippen LogP contribution >= 0.6 is 11.8 Å².